The molecule has 2 N–H and O–H groups in total. The van der Waals surface area contributed by atoms with Crippen molar-refractivity contribution in [2.24, 2.45) is 5.84 Å². The van der Waals surface area contributed by atoms with Gasteiger partial charge in [-0.2, -0.15) is 5.01 Å². The van der Waals surface area contributed by atoms with Crippen LogP contribution in [-0.2, 0) is 15.0 Å². The molecule has 1 aliphatic rings. The third-order valence-corrected chi connectivity index (χ3v) is 3.41. The number of imide groups is 2. The number of carbonyl (C=O) groups is 3. The van der Waals surface area contributed by atoms with Gasteiger partial charge < -0.3 is 0 Å². The van der Waals surface area contributed by atoms with E-state index in [0.29, 0.717) is 5.56 Å². The summed E-state index contributed by atoms with van der Waals surface area (Å²) in [5, 5.41) is 11.9. The van der Waals surface area contributed by atoms with Gasteiger partial charge in [-0.25, -0.2) is 10.6 Å². The number of amides is 4. The van der Waals surface area contributed by atoms with E-state index in [2.05, 4.69) is 5.08 Å². The minimum Gasteiger partial charge on any atom is -0.271 e. The van der Waals surface area contributed by atoms with Crippen molar-refractivity contribution in [3.63, 3.8) is 0 Å². The Balaban J connectivity index is 2.68. The molecule has 102 valence electrons. The molecule has 8 heteroatoms. The number of benzene rings is 1. The normalized spacial score (nSPS) is 22.9. The van der Waals surface area contributed by atoms with Crippen molar-refractivity contribution in [1.29, 1.82) is 5.39 Å². The third kappa shape index (κ3) is 1.57. The van der Waals surface area contributed by atoms with Crippen molar-refractivity contribution in [2.45, 2.75) is 18.8 Å². The summed E-state index contributed by atoms with van der Waals surface area (Å²) in [5.41, 5.74) is -1.29. The Morgan fingerprint density at radius 1 is 1.20 bits per heavy atom. The van der Waals surface area contributed by atoms with E-state index < -0.39 is 23.3 Å². The molecule has 1 aromatic carbocycles. The van der Waals surface area contributed by atoms with Gasteiger partial charge in [0.1, 0.15) is 5.01 Å². The Labute approximate surface area is 114 Å². The van der Waals surface area contributed by atoms with Crippen LogP contribution in [0.15, 0.2) is 30.3 Å². The molecule has 1 heterocycles. The summed E-state index contributed by atoms with van der Waals surface area (Å²) in [4.78, 5) is 36.4. The highest BCUT2D eigenvalue weighted by Crippen LogP contribution is 2.35. The SMILES string of the molecule is CC[C@@]1(c2ccccc2)C(=O)N(N)C(=O)N([N+]#N)C1=O. The highest BCUT2D eigenvalue weighted by Gasteiger charge is 2.62. The number of diazo groups is 1. The molecule has 1 aliphatic heterocycles. The van der Waals surface area contributed by atoms with Crippen LogP contribution in [0.5, 0.6) is 0 Å². The molecule has 1 atom stereocenters. The van der Waals surface area contributed by atoms with Crippen LogP contribution in [0.4, 0.5) is 4.79 Å². The molecular weight excluding hydrogens is 262 g/mol. The van der Waals surface area contributed by atoms with E-state index in [9.17, 15) is 14.4 Å². The van der Waals surface area contributed by atoms with Gasteiger partial charge in [0, 0.05) is 0 Å². The van der Waals surface area contributed by atoms with Crippen molar-refractivity contribution in [3.8, 4) is 0 Å². The zero-order chi connectivity index (χ0) is 14.9. The molecule has 0 aromatic heterocycles. The summed E-state index contributed by atoms with van der Waals surface area (Å²) in [6, 6.07) is 7.01. The quantitative estimate of drug-likeness (QED) is 0.370. The maximum absolute atomic E-state index is 12.4. The van der Waals surface area contributed by atoms with Crippen LogP contribution in [0, 0.1) is 5.39 Å². The molecule has 20 heavy (non-hydrogen) atoms. The van der Waals surface area contributed by atoms with Gasteiger partial charge in [-0.1, -0.05) is 37.3 Å². The number of hydrazine groups is 1. The van der Waals surface area contributed by atoms with Crippen molar-refractivity contribution in [1.82, 2.24) is 10.0 Å². The Morgan fingerprint density at radius 3 is 2.30 bits per heavy atom. The van der Waals surface area contributed by atoms with Crippen LogP contribution >= 0.6 is 0 Å². The zero-order valence-electron chi connectivity index (χ0n) is 10.7. The highest BCUT2D eigenvalue weighted by atomic mass is 16.2. The van der Waals surface area contributed by atoms with E-state index in [1.54, 1.807) is 37.3 Å². The maximum atomic E-state index is 12.4. The van der Waals surface area contributed by atoms with Crippen LogP contribution in [0.25, 0.3) is 5.08 Å². The van der Waals surface area contributed by atoms with Crippen molar-refractivity contribution < 1.29 is 14.4 Å². The lowest BCUT2D eigenvalue weighted by molar-refractivity contribution is -0.151. The number of hydrogen-bond donors (Lipinski definition) is 1. The van der Waals surface area contributed by atoms with Gasteiger partial charge in [0.15, 0.2) is 5.41 Å². The fourth-order valence-electron chi connectivity index (χ4n) is 2.31. The molecular formula is C12H12N5O3+. The molecule has 0 radical (unpaired) electrons. The van der Waals surface area contributed by atoms with Gasteiger partial charge in [0.25, 0.3) is 11.3 Å². The first kappa shape index (κ1) is 13.6. The Hall–Kier alpha value is -2.79. The predicted octanol–water partition coefficient (Wildman–Crippen LogP) is 0.767. The highest BCUT2D eigenvalue weighted by molar-refractivity contribution is 6.22. The average Bonchev–Trinajstić information content (AvgIpc) is 2.48. The van der Waals surface area contributed by atoms with Crippen LogP contribution in [-0.4, -0.2) is 27.9 Å². The Morgan fingerprint density at radius 2 is 1.80 bits per heavy atom. The van der Waals surface area contributed by atoms with Gasteiger partial charge in [-0.3, -0.25) is 9.59 Å². The summed E-state index contributed by atoms with van der Waals surface area (Å²) in [7, 11) is 0. The van der Waals surface area contributed by atoms with Gasteiger partial charge >= 0.3 is 17.0 Å². The summed E-state index contributed by atoms with van der Waals surface area (Å²) in [5.74, 6) is 3.64. The van der Waals surface area contributed by atoms with Gasteiger partial charge in [0.05, 0.1) is 0 Å². The molecule has 1 fully saturated rings. The standard InChI is InChI=1S/C12H12N5O3/c1-2-12(8-6-4-3-5-7-8)9(18)16(14)11(20)17(15-13)10(12)19/h3-7H,2,14H2,1H3/q+1/t12-/m1/s1. The second-order valence-corrected chi connectivity index (χ2v) is 4.29. The van der Waals surface area contributed by atoms with Gasteiger partial charge in [-0.05, 0) is 12.0 Å². The van der Waals surface area contributed by atoms with E-state index in [-0.39, 0.29) is 16.4 Å². The van der Waals surface area contributed by atoms with E-state index >= 15 is 0 Å². The van der Waals surface area contributed by atoms with Crippen LogP contribution in [0.3, 0.4) is 0 Å². The number of carbonyl (C=O) groups excluding carboxylic acids is 3. The van der Waals surface area contributed by atoms with E-state index in [1.807, 2.05) is 0 Å². The maximum Gasteiger partial charge on any atom is 0.423 e. The number of nitrogens with two attached hydrogens (primary N) is 1. The van der Waals surface area contributed by atoms with Gasteiger partial charge in [0.2, 0.25) is 0 Å². The summed E-state index contributed by atoms with van der Waals surface area (Å²) in [6.07, 6.45) is 0.0711. The summed E-state index contributed by atoms with van der Waals surface area (Å²) < 4.78 is 0. The minimum absolute atomic E-state index is 0.0711. The molecule has 8 nitrogen and oxygen atoms in total. The Kier molecular flexibility index (Phi) is 3.21. The second-order valence-electron chi connectivity index (χ2n) is 4.29. The average molecular weight is 274 g/mol. The number of barbiturate groups is 1. The molecule has 0 bridgehead atoms. The van der Waals surface area contributed by atoms with Crippen LogP contribution < -0.4 is 5.84 Å². The molecule has 4 amide bonds. The van der Waals surface area contributed by atoms with Crippen molar-refractivity contribution in [3.05, 3.63) is 41.0 Å². The topological polar surface area (TPSA) is 112 Å². The van der Waals surface area contributed by atoms with Gasteiger partial charge in [-0.15, -0.1) is 0 Å². The fourth-order valence-corrected chi connectivity index (χ4v) is 2.31. The monoisotopic (exact) mass is 274 g/mol. The molecule has 0 aliphatic carbocycles. The van der Waals surface area contributed by atoms with Crippen molar-refractivity contribution >= 4 is 17.8 Å². The second kappa shape index (κ2) is 4.71. The summed E-state index contributed by atoms with van der Waals surface area (Å²) >= 11 is 0. The largest absolute Gasteiger partial charge is 0.423 e. The molecule has 0 unspecified atom stereocenters. The third-order valence-electron chi connectivity index (χ3n) is 3.41. The first-order valence-electron chi connectivity index (χ1n) is 5.89. The van der Waals surface area contributed by atoms with E-state index in [1.165, 1.54) is 0 Å². The molecule has 1 saturated heterocycles. The lowest BCUT2D eigenvalue weighted by Crippen LogP contribution is -2.67. The van der Waals surface area contributed by atoms with Crippen molar-refractivity contribution in [2.75, 3.05) is 0 Å². The smallest absolute Gasteiger partial charge is 0.271 e. The zero-order valence-corrected chi connectivity index (χ0v) is 10.7. The lowest BCUT2D eigenvalue weighted by atomic mass is 9.75. The number of rotatable bonds is 2. The van der Waals surface area contributed by atoms with E-state index in [0.717, 1.165) is 0 Å². The number of hydrogen-bond acceptors (Lipinski definition) is 5. The summed E-state index contributed by atoms with van der Waals surface area (Å²) in [6.45, 7) is 1.61. The predicted molar refractivity (Wildman–Crippen MR) is 66.8 cm³/mol. The molecule has 2 rings (SSSR count). The van der Waals surface area contributed by atoms with Crippen LogP contribution in [0.1, 0.15) is 18.9 Å². The number of nitrogens with zero attached hydrogens (tertiary/aromatic N) is 4. The molecule has 0 spiro atoms. The number of urea groups is 1. The first-order chi connectivity index (χ1) is 9.50. The lowest BCUT2D eigenvalue weighted by Gasteiger charge is -2.35. The molecule has 1 aromatic rings. The van der Waals surface area contributed by atoms with Crippen LogP contribution in [0.2, 0.25) is 0 Å². The van der Waals surface area contributed by atoms with E-state index in [4.69, 9.17) is 11.2 Å². The molecule has 0 saturated carbocycles. The first-order valence-corrected chi connectivity index (χ1v) is 5.89. The fraction of sp³-hybridized carbons (Fsp3) is 0.250. The minimum atomic E-state index is -1.67. The Bertz CT molecular complexity index is 624.